The Kier molecular flexibility index (Phi) is 5.92. The summed E-state index contributed by atoms with van der Waals surface area (Å²) >= 11 is 0. The number of nitrogens with one attached hydrogen (secondary N) is 1. The molecule has 2 N–H and O–H groups in total. The molecule has 0 radical (unpaired) electrons. The third kappa shape index (κ3) is 5.19. The van der Waals surface area contributed by atoms with Crippen LogP contribution in [0.1, 0.15) is 29.7 Å². The molecular formula is C19H21NO2. The van der Waals surface area contributed by atoms with Gasteiger partial charge < -0.3 is 10.4 Å². The van der Waals surface area contributed by atoms with Gasteiger partial charge in [0.05, 0.1) is 6.10 Å². The van der Waals surface area contributed by atoms with E-state index in [-0.39, 0.29) is 5.91 Å². The molecule has 22 heavy (non-hydrogen) atoms. The summed E-state index contributed by atoms with van der Waals surface area (Å²) in [6.07, 6.45) is 3.96. The van der Waals surface area contributed by atoms with Crippen molar-refractivity contribution in [2.75, 3.05) is 6.54 Å². The highest BCUT2D eigenvalue weighted by Gasteiger charge is 2.07. The fraction of sp³-hybridized carbons (Fsp3) is 0.211. The zero-order chi connectivity index (χ0) is 15.8. The van der Waals surface area contributed by atoms with Crippen molar-refractivity contribution in [3.63, 3.8) is 0 Å². The number of hydrogen-bond donors (Lipinski definition) is 2. The van der Waals surface area contributed by atoms with Gasteiger partial charge in [-0.15, -0.1) is 0 Å². The average molecular weight is 295 g/mol. The van der Waals surface area contributed by atoms with Crippen LogP contribution in [-0.2, 0) is 11.2 Å². The summed E-state index contributed by atoms with van der Waals surface area (Å²) in [6, 6.07) is 17.8. The molecule has 1 atom stereocenters. The average Bonchev–Trinajstić information content (AvgIpc) is 2.53. The van der Waals surface area contributed by atoms with E-state index in [9.17, 15) is 9.90 Å². The smallest absolute Gasteiger partial charge is 0.217 e. The van der Waals surface area contributed by atoms with Crippen molar-refractivity contribution in [1.29, 1.82) is 0 Å². The van der Waals surface area contributed by atoms with Gasteiger partial charge in [0.1, 0.15) is 0 Å². The Morgan fingerprint density at radius 1 is 1.14 bits per heavy atom. The summed E-state index contributed by atoms with van der Waals surface area (Å²) in [4.78, 5) is 10.8. The van der Waals surface area contributed by atoms with Crippen LogP contribution in [0.3, 0.4) is 0 Å². The first-order valence-corrected chi connectivity index (χ1v) is 7.38. The molecule has 0 aliphatic rings. The molecule has 2 aromatic rings. The van der Waals surface area contributed by atoms with E-state index in [0.29, 0.717) is 13.0 Å². The van der Waals surface area contributed by atoms with Crippen LogP contribution >= 0.6 is 0 Å². The van der Waals surface area contributed by atoms with E-state index in [0.717, 1.165) is 16.7 Å². The van der Waals surface area contributed by atoms with E-state index in [1.165, 1.54) is 6.92 Å². The topological polar surface area (TPSA) is 49.3 Å². The van der Waals surface area contributed by atoms with Crippen molar-refractivity contribution < 1.29 is 9.90 Å². The lowest BCUT2D eigenvalue weighted by Gasteiger charge is -2.11. The van der Waals surface area contributed by atoms with E-state index in [1.807, 2.05) is 66.7 Å². The molecule has 0 spiro atoms. The molecule has 114 valence electrons. The van der Waals surface area contributed by atoms with E-state index < -0.39 is 6.10 Å². The van der Waals surface area contributed by atoms with Crippen molar-refractivity contribution in [2.24, 2.45) is 0 Å². The normalized spacial score (nSPS) is 12.3. The fourth-order valence-corrected chi connectivity index (χ4v) is 2.18. The van der Waals surface area contributed by atoms with Gasteiger partial charge in [-0.05, 0) is 16.7 Å². The van der Waals surface area contributed by atoms with Crippen LogP contribution in [0.25, 0.3) is 6.08 Å². The van der Waals surface area contributed by atoms with Gasteiger partial charge in [0.25, 0.3) is 0 Å². The molecule has 0 bridgehead atoms. The number of carbonyl (C=O) groups excluding carboxylic acids is 1. The summed E-state index contributed by atoms with van der Waals surface area (Å²) in [6.45, 7) is 2.02. The maximum atomic E-state index is 10.8. The first-order chi connectivity index (χ1) is 10.6. The Hall–Kier alpha value is -2.39. The van der Waals surface area contributed by atoms with Crippen LogP contribution in [-0.4, -0.2) is 17.6 Å². The minimum atomic E-state index is -0.500. The molecule has 2 aromatic carbocycles. The second-order valence-electron chi connectivity index (χ2n) is 5.21. The SMILES string of the molecule is CC(=O)NCC=Cc1ccc(C(O)Cc2ccccc2)cc1. The molecule has 0 heterocycles. The molecule has 1 unspecified atom stereocenters. The molecule has 3 heteroatoms. The Labute approximate surface area is 131 Å². The lowest BCUT2D eigenvalue weighted by molar-refractivity contribution is -0.118. The number of carbonyl (C=O) groups is 1. The Balaban J connectivity index is 1.92. The lowest BCUT2D eigenvalue weighted by atomic mass is 10.0. The molecule has 1 amide bonds. The summed E-state index contributed by atoms with van der Waals surface area (Å²) in [5.74, 6) is -0.0379. The lowest BCUT2D eigenvalue weighted by Crippen LogP contribution is -2.19. The van der Waals surface area contributed by atoms with Crippen LogP contribution in [0.4, 0.5) is 0 Å². The van der Waals surface area contributed by atoms with Gasteiger partial charge in [-0.25, -0.2) is 0 Å². The molecule has 3 nitrogen and oxygen atoms in total. The molecule has 2 rings (SSSR count). The van der Waals surface area contributed by atoms with E-state index in [4.69, 9.17) is 0 Å². The second-order valence-corrected chi connectivity index (χ2v) is 5.21. The van der Waals surface area contributed by atoms with Crippen molar-refractivity contribution in [3.05, 3.63) is 77.4 Å². The zero-order valence-electron chi connectivity index (χ0n) is 12.7. The number of aliphatic hydroxyl groups excluding tert-OH is 1. The van der Waals surface area contributed by atoms with Gasteiger partial charge in [0, 0.05) is 19.9 Å². The van der Waals surface area contributed by atoms with Crippen LogP contribution in [0.5, 0.6) is 0 Å². The first kappa shape index (κ1) is 16.0. The Bertz CT molecular complexity index is 618. The molecule has 0 aromatic heterocycles. The molecule has 0 saturated carbocycles. The maximum absolute atomic E-state index is 10.8. The zero-order valence-corrected chi connectivity index (χ0v) is 12.7. The number of aliphatic hydroxyl groups is 1. The molecular weight excluding hydrogens is 274 g/mol. The molecule has 0 fully saturated rings. The fourth-order valence-electron chi connectivity index (χ4n) is 2.18. The summed E-state index contributed by atoms with van der Waals surface area (Å²) in [5.41, 5.74) is 3.07. The van der Waals surface area contributed by atoms with Crippen LogP contribution in [0.15, 0.2) is 60.7 Å². The molecule has 0 aliphatic heterocycles. The quantitative estimate of drug-likeness (QED) is 0.860. The second kappa shape index (κ2) is 8.15. The number of hydrogen-bond acceptors (Lipinski definition) is 2. The third-order valence-corrected chi connectivity index (χ3v) is 3.37. The van der Waals surface area contributed by atoms with Crippen molar-refractivity contribution in [2.45, 2.75) is 19.4 Å². The van der Waals surface area contributed by atoms with Crippen LogP contribution in [0, 0.1) is 0 Å². The standard InChI is InChI=1S/C19H21NO2/c1-15(21)20-13-5-8-16-9-11-18(12-10-16)19(22)14-17-6-3-2-4-7-17/h2-12,19,22H,13-14H2,1H3,(H,20,21). The largest absolute Gasteiger partial charge is 0.388 e. The van der Waals surface area contributed by atoms with Crippen LogP contribution < -0.4 is 5.32 Å². The van der Waals surface area contributed by atoms with Gasteiger partial charge in [-0.1, -0.05) is 66.7 Å². The van der Waals surface area contributed by atoms with E-state index >= 15 is 0 Å². The number of benzene rings is 2. The van der Waals surface area contributed by atoms with Gasteiger partial charge in [0.15, 0.2) is 0 Å². The summed E-state index contributed by atoms with van der Waals surface area (Å²) in [7, 11) is 0. The third-order valence-electron chi connectivity index (χ3n) is 3.37. The monoisotopic (exact) mass is 295 g/mol. The van der Waals surface area contributed by atoms with Crippen molar-refractivity contribution in [3.8, 4) is 0 Å². The van der Waals surface area contributed by atoms with Crippen molar-refractivity contribution >= 4 is 12.0 Å². The molecule has 0 aliphatic carbocycles. The van der Waals surface area contributed by atoms with Gasteiger partial charge in [0.2, 0.25) is 5.91 Å². The van der Waals surface area contributed by atoms with Gasteiger partial charge in [-0.3, -0.25) is 4.79 Å². The highest BCUT2D eigenvalue weighted by Crippen LogP contribution is 2.19. The molecule has 0 saturated heterocycles. The number of amides is 1. The summed E-state index contributed by atoms with van der Waals surface area (Å²) < 4.78 is 0. The maximum Gasteiger partial charge on any atom is 0.217 e. The van der Waals surface area contributed by atoms with Crippen molar-refractivity contribution in [1.82, 2.24) is 5.32 Å². The minimum Gasteiger partial charge on any atom is -0.388 e. The first-order valence-electron chi connectivity index (χ1n) is 7.38. The predicted molar refractivity (Wildman–Crippen MR) is 89.3 cm³/mol. The van der Waals surface area contributed by atoms with E-state index in [2.05, 4.69) is 5.32 Å². The van der Waals surface area contributed by atoms with Gasteiger partial charge in [-0.2, -0.15) is 0 Å². The minimum absolute atomic E-state index is 0.0379. The van der Waals surface area contributed by atoms with Crippen LogP contribution in [0.2, 0.25) is 0 Å². The van der Waals surface area contributed by atoms with E-state index in [1.54, 1.807) is 0 Å². The Morgan fingerprint density at radius 3 is 2.45 bits per heavy atom. The summed E-state index contributed by atoms with van der Waals surface area (Å²) in [5, 5.41) is 13.0. The number of rotatable bonds is 6. The Morgan fingerprint density at radius 2 is 1.82 bits per heavy atom. The highest BCUT2D eigenvalue weighted by atomic mass is 16.3. The predicted octanol–water partition coefficient (Wildman–Crippen LogP) is 3.11. The highest BCUT2D eigenvalue weighted by molar-refractivity contribution is 5.73. The van der Waals surface area contributed by atoms with Gasteiger partial charge >= 0.3 is 0 Å².